The van der Waals surface area contributed by atoms with Gasteiger partial charge in [-0.3, -0.25) is 4.79 Å². The number of carbonyl (C=O) groups is 2. The maximum absolute atomic E-state index is 13.4. The minimum atomic E-state index is -0.481. The third kappa shape index (κ3) is 6.13. The summed E-state index contributed by atoms with van der Waals surface area (Å²) in [4.78, 5) is 33.7. The van der Waals surface area contributed by atoms with Crippen LogP contribution in [0.25, 0.3) is 0 Å². The molecule has 1 aromatic heterocycles. The number of amides is 3. The number of aromatic nitrogens is 1. The van der Waals surface area contributed by atoms with Crippen LogP contribution in [0, 0.1) is 29.5 Å². The summed E-state index contributed by atoms with van der Waals surface area (Å²) in [5.41, 5.74) is 1.39. The van der Waals surface area contributed by atoms with Crippen molar-refractivity contribution < 1.29 is 23.8 Å². The summed E-state index contributed by atoms with van der Waals surface area (Å²) in [6.07, 6.45) is 3.30. The molecule has 4 rings (SSSR count). The molecule has 1 aromatic carbocycles. The summed E-state index contributed by atoms with van der Waals surface area (Å²) in [7, 11) is 1.64. The zero-order valence-electron chi connectivity index (χ0n) is 20.7. The fraction of sp³-hybridized carbons (Fsp3) is 0.444. The SMILES string of the molecule is C[C@H]1CN([C@@H](C)CO)C(=O)c2cc(C#CC3CC3)cnc2O[C@@H]1CN(C)C(=O)Nc1ccc(F)cc1. The molecule has 0 spiro atoms. The Morgan fingerprint density at radius 3 is 2.75 bits per heavy atom. The monoisotopic (exact) mass is 494 g/mol. The first-order valence-electron chi connectivity index (χ1n) is 12.1. The quantitative estimate of drug-likeness (QED) is 0.622. The number of rotatable bonds is 5. The van der Waals surface area contributed by atoms with Crippen molar-refractivity contribution in [3.8, 4) is 17.7 Å². The Kier molecular flexibility index (Phi) is 7.75. The molecule has 1 aliphatic carbocycles. The number of nitrogens with one attached hydrogen (secondary N) is 1. The largest absolute Gasteiger partial charge is 0.472 e. The van der Waals surface area contributed by atoms with Gasteiger partial charge in [0.2, 0.25) is 5.88 Å². The molecule has 0 unspecified atom stereocenters. The van der Waals surface area contributed by atoms with E-state index in [1.54, 1.807) is 31.1 Å². The number of anilines is 1. The van der Waals surface area contributed by atoms with Crippen LogP contribution in [-0.2, 0) is 0 Å². The summed E-state index contributed by atoms with van der Waals surface area (Å²) in [5.74, 6) is 6.02. The number of urea groups is 1. The average Bonchev–Trinajstić information content (AvgIpc) is 3.70. The number of aliphatic hydroxyl groups is 1. The van der Waals surface area contributed by atoms with Gasteiger partial charge in [-0.15, -0.1) is 0 Å². The van der Waals surface area contributed by atoms with Crippen LogP contribution in [0.5, 0.6) is 5.88 Å². The predicted molar refractivity (Wildman–Crippen MR) is 133 cm³/mol. The molecule has 1 aliphatic heterocycles. The van der Waals surface area contributed by atoms with Gasteiger partial charge in [-0.2, -0.15) is 0 Å². The molecule has 3 atom stereocenters. The molecule has 0 bridgehead atoms. The van der Waals surface area contributed by atoms with E-state index in [0.29, 0.717) is 23.7 Å². The first-order chi connectivity index (χ1) is 17.2. The zero-order valence-corrected chi connectivity index (χ0v) is 20.7. The molecule has 2 N–H and O–H groups in total. The van der Waals surface area contributed by atoms with Crippen LogP contribution in [0.3, 0.4) is 0 Å². The lowest BCUT2D eigenvalue weighted by atomic mass is 10.00. The van der Waals surface area contributed by atoms with Crippen LogP contribution in [-0.4, -0.2) is 70.7 Å². The highest BCUT2D eigenvalue weighted by molar-refractivity contribution is 5.97. The molecular weight excluding hydrogens is 463 g/mol. The highest BCUT2D eigenvalue weighted by Gasteiger charge is 2.34. The van der Waals surface area contributed by atoms with Crippen LogP contribution in [0.2, 0.25) is 0 Å². The van der Waals surface area contributed by atoms with Gasteiger partial charge in [-0.05, 0) is 50.1 Å². The van der Waals surface area contributed by atoms with Crippen molar-refractivity contribution in [2.75, 3.05) is 32.1 Å². The van der Waals surface area contributed by atoms with Crippen molar-refractivity contribution >= 4 is 17.6 Å². The molecular formula is C27H31FN4O4. The second-order valence-electron chi connectivity index (χ2n) is 9.56. The lowest BCUT2D eigenvalue weighted by Crippen LogP contribution is -2.50. The molecule has 1 fully saturated rings. The third-order valence-corrected chi connectivity index (χ3v) is 6.42. The summed E-state index contributed by atoms with van der Waals surface area (Å²) >= 11 is 0. The Morgan fingerprint density at radius 1 is 1.36 bits per heavy atom. The fourth-order valence-corrected chi connectivity index (χ4v) is 3.91. The molecule has 3 amide bonds. The van der Waals surface area contributed by atoms with Crippen molar-refractivity contribution in [1.29, 1.82) is 0 Å². The van der Waals surface area contributed by atoms with Crippen LogP contribution in [0.15, 0.2) is 36.5 Å². The van der Waals surface area contributed by atoms with Gasteiger partial charge in [0.05, 0.1) is 19.2 Å². The Labute approximate surface area is 210 Å². The fourth-order valence-electron chi connectivity index (χ4n) is 3.91. The first kappa shape index (κ1) is 25.5. The van der Waals surface area contributed by atoms with E-state index in [-0.39, 0.29) is 48.3 Å². The normalized spacial score (nSPS) is 20.1. The summed E-state index contributed by atoms with van der Waals surface area (Å²) in [6.45, 7) is 4.08. The van der Waals surface area contributed by atoms with E-state index in [9.17, 15) is 19.1 Å². The molecule has 8 nitrogen and oxygen atoms in total. The average molecular weight is 495 g/mol. The lowest BCUT2D eigenvalue weighted by molar-refractivity contribution is 0.0356. The molecule has 0 radical (unpaired) electrons. The number of halogens is 1. The Morgan fingerprint density at radius 2 is 2.08 bits per heavy atom. The van der Waals surface area contributed by atoms with E-state index in [0.717, 1.165) is 12.8 Å². The Balaban J connectivity index is 1.57. The van der Waals surface area contributed by atoms with Crippen LogP contribution >= 0.6 is 0 Å². The van der Waals surface area contributed by atoms with Gasteiger partial charge in [-0.25, -0.2) is 14.2 Å². The molecule has 36 heavy (non-hydrogen) atoms. The Bertz CT molecular complexity index is 1170. The van der Waals surface area contributed by atoms with E-state index in [1.165, 1.54) is 29.2 Å². The first-order valence-corrected chi connectivity index (χ1v) is 12.1. The number of fused-ring (bicyclic) bond motifs is 1. The summed E-state index contributed by atoms with van der Waals surface area (Å²) < 4.78 is 19.4. The summed E-state index contributed by atoms with van der Waals surface area (Å²) in [6, 6.07) is 6.42. The van der Waals surface area contributed by atoms with Crippen LogP contribution in [0.1, 0.15) is 42.6 Å². The standard InChI is InChI=1S/C27H31FN4O4/c1-17-14-32(18(2)16-33)26(34)23-12-20(7-6-19-4-5-19)13-29-25(23)36-24(17)15-31(3)27(35)30-22-10-8-21(28)9-11-22/h8-13,17-19,24,33H,4-5,14-16H2,1-3H3,(H,30,35)/t17-,18-,24+/m0/s1. The number of carbonyl (C=O) groups excluding carboxylic acids is 2. The van der Waals surface area contributed by atoms with Crippen molar-refractivity contribution in [3.05, 3.63) is 53.5 Å². The van der Waals surface area contributed by atoms with E-state index >= 15 is 0 Å². The van der Waals surface area contributed by atoms with E-state index in [1.807, 2.05) is 6.92 Å². The highest BCUT2D eigenvalue weighted by Crippen LogP contribution is 2.29. The van der Waals surface area contributed by atoms with Crippen LogP contribution in [0.4, 0.5) is 14.9 Å². The van der Waals surface area contributed by atoms with E-state index < -0.39 is 12.1 Å². The number of pyridine rings is 1. The minimum Gasteiger partial charge on any atom is -0.472 e. The Hall–Kier alpha value is -3.64. The van der Waals surface area contributed by atoms with Crippen molar-refractivity contribution in [2.45, 2.75) is 38.8 Å². The van der Waals surface area contributed by atoms with Gasteiger partial charge in [0, 0.05) is 42.9 Å². The number of hydrogen-bond acceptors (Lipinski definition) is 5. The molecule has 190 valence electrons. The highest BCUT2D eigenvalue weighted by atomic mass is 19.1. The molecule has 2 aliphatic rings. The topological polar surface area (TPSA) is 95.0 Å². The smallest absolute Gasteiger partial charge is 0.321 e. The number of benzene rings is 1. The second kappa shape index (κ2) is 11.0. The van der Waals surface area contributed by atoms with Gasteiger partial charge in [0.25, 0.3) is 5.91 Å². The molecule has 0 saturated heterocycles. The van der Waals surface area contributed by atoms with Crippen molar-refractivity contribution in [3.63, 3.8) is 0 Å². The molecule has 1 saturated carbocycles. The van der Waals surface area contributed by atoms with Crippen molar-refractivity contribution in [2.24, 2.45) is 11.8 Å². The third-order valence-electron chi connectivity index (χ3n) is 6.42. The maximum Gasteiger partial charge on any atom is 0.321 e. The van der Waals surface area contributed by atoms with E-state index in [4.69, 9.17) is 4.74 Å². The van der Waals surface area contributed by atoms with Crippen LogP contribution < -0.4 is 10.1 Å². The number of aliphatic hydroxyl groups excluding tert-OH is 1. The van der Waals surface area contributed by atoms with Gasteiger partial charge < -0.3 is 25.0 Å². The van der Waals surface area contributed by atoms with Gasteiger partial charge >= 0.3 is 6.03 Å². The van der Waals surface area contributed by atoms with Crippen molar-refractivity contribution in [1.82, 2.24) is 14.8 Å². The number of hydrogen-bond donors (Lipinski definition) is 2. The molecule has 2 aromatic rings. The van der Waals surface area contributed by atoms with Gasteiger partial charge in [-0.1, -0.05) is 18.8 Å². The number of ether oxygens (including phenoxy) is 1. The van der Waals surface area contributed by atoms with Gasteiger partial charge in [0.15, 0.2) is 0 Å². The lowest BCUT2D eigenvalue weighted by Gasteiger charge is -2.37. The van der Waals surface area contributed by atoms with E-state index in [2.05, 4.69) is 22.1 Å². The predicted octanol–water partition coefficient (Wildman–Crippen LogP) is 3.37. The second-order valence-corrected chi connectivity index (χ2v) is 9.56. The maximum atomic E-state index is 13.4. The molecule has 9 heteroatoms. The zero-order chi connectivity index (χ0) is 25.8. The minimum absolute atomic E-state index is 0.173. The number of nitrogens with zero attached hydrogens (tertiary/aromatic N) is 3. The van der Waals surface area contributed by atoms with Gasteiger partial charge in [0.1, 0.15) is 17.5 Å². The molecule has 2 heterocycles. The summed E-state index contributed by atoms with van der Waals surface area (Å²) in [5, 5.41) is 12.5. The number of likely N-dealkylation sites (N-methyl/N-ethyl adjacent to an activating group) is 1.